The summed E-state index contributed by atoms with van der Waals surface area (Å²) in [5, 5.41) is 12.4. The van der Waals surface area contributed by atoms with Gasteiger partial charge in [-0.2, -0.15) is 0 Å². The largest absolute Gasteiger partial charge is 0.494 e. The van der Waals surface area contributed by atoms with E-state index in [1.165, 1.54) is 34.8 Å². The molecular formula is C24H18N4O4S2. The molecule has 0 N–H and O–H groups in total. The molecule has 10 heteroatoms. The Bertz CT molecular complexity index is 1510. The first-order valence-electron chi connectivity index (χ1n) is 10.4. The highest BCUT2D eigenvalue weighted by atomic mass is 32.1. The van der Waals surface area contributed by atoms with Crippen molar-refractivity contribution in [2.45, 2.75) is 13.5 Å². The van der Waals surface area contributed by atoms with Crippen LogP contribution in [0.25, 0.3) is 20.3 Å². The van der Waals surface area contributed by atoms with Crippen LogP contribution in [0.4, 0.5) is 10.8 Å². The zero-order chi connectivity index (χ0) is 23.7. The molecule has 0 saturated heterocycles. The summed E-state index contributed by atoms with van der Waals surface area (Å²) >= 11 is 2.71. The zero-order valence-corrected chi connectivity index (χ0v) is 19.6. The molecule has 1 amide bonds. The Hall–Kier alpha value is -3.89. The summed E-state index contributed by atoms with van der Waals surface area (Å²) in [6, 6.07) is 15.7. The van der Waals surface area contributed by atoms with Crippen LogP contribution in [0.5, 0.6) is 5.75 Å². The topological polar surface area (TPSA) is 98.5 Å². The molecule has 0 unspecified atom stereocenters. The van der Waals surface area contributed by atoms with Crippen LogP contribution in [-0.4, -0.2) is 27.4 Å². The smallest absolute Gasteiger partial charge is 0.270 e. The number of non-ortho nitro benzene ring substituents is 1. The molecule has 34 heavy (non-hydrogen) atoms. The lowest BCUT2D eigenvalue weighted by Gasteiger charge is -2.19. The van der Waals surface area contributed by atoms with E-state index in [1.807, 2.05) is 37.3 Å². The lowest BCUT2D eigenvalue weighted by molar-refractivity contribution is -0.384. The van der Waals surface area contributed by atoms with E-state index in [0.29, 0.717) is 28.5 Å². The number of ether oxygens (including phenoxy) is 1. The van der Waals surface area contributed by atoms with Crippen molar-refractivity contribution in [3.8, 4) is 5.75 Å². The summed E-state index contributed by atoms with van der Waals surface area (Å²) in [4.78, 5) is 35.4. The number of carbonyl (C=O) groups excluding carboxylic acids is 1. The maximum atomic E-state index is 13.7. The number of amides is 1. The molecular weight excluding hydrogens is 472 g/mol. The molecule has 0 atom stereocenters. The van der Waals surface area contributed by atoms with E-state index in [4.69, 9.17) is 9.72 Å². The second kappa shape index (κ2) is 9.16. The average Bonchev–Trinajstić information content (AvgIpc) is 3.46. The SMILES string of the molecule is CCOc1ccc2nc(N(Cc3cccnc3)C(=O)c3cc4cc([N+](=O)[O-])ccc4s3)sc2c1. The third-order valence-electron chi connectivity index (χ3n) is 5.12. The van der Waals surface area contributed by atoms with Gasteiger partial charge >= 0.3 is 0 Å². The Balaban J connectivity index is 1.56. The predicted molar refractivity (Wildman–Crippen MR) is 134 cm³/mol. The van der Waals surface area contributed by atoms with Crippen molar-refractivity contribution in [3.05, 3.63) is 87.5 Å². The summed E-state index contributed by atoms with van der Waals surface area (Å²) in [5.41, 5.74) is 1.63. The fourth-order valence-corrected chi connectivity index (χ4v) is 5.53. The standard InChI is InChI=1S/C24H18N4O4S2/c1-2-32-18-6-7-19-21(12-18)34-24(26-19)27(14-15-4-3-9-25-13-15)23(29)22-11-16-10-17(28(30)31)5-8-20(16)33-22/h3-13H,2,14H2,1H3. The highest BCUT2D eigenvalue weighted by Crippen LogP contribution is 2.35. The van der Waals surface area contributed by atoms with Crippen molar-refractivity contribution < 1.29 is 14.5 Å². The molecule has 0 spiro atoms. The molecule has 5 aromatic rings. The Morgan fingerprint density at radius 2 is 2.00 bits per heavy atom. The fourth-order valence-electron chi connectivity index (χ4n) is 3.55. The number of pyridine rings is 1. The number of benzene rings is 2. The third kappa shape index (κ3) is 4.33. The Kier molecular flexibility index (Phi) is 5.91. The maximum Gasteiger partial charge on any atom is 0.270 e. The minimum atomic E-state index is -0.440. The summed E-state index contributed by atoms with van der Waals surface area (Å²) in [6.45, 7) is 2.78. The number of nitro groups is 1. The third-order valence-corrected chi connectivity index (χ3v) is 7.27. The summed E-state index contributed by atoms with van der Waals surface area (Å²) in [7, 11) is 0. The first-order valence-corrected chi connectivity index (χ1v) is 12.1. The lowest BCUT2D eigenvalue weighted by Crippen LogP contribution is -2.29. The molecule has 8 nitrogen and oxygen atoms in total. The van der Waals surface area contributed by atoms with Gasteiger partial charge in [0.1, 0.15) is 5.75 Å². The molecule has 0 radical (unpaired) electrons. The molecule has 0 fully saturated rings. The number of carbonyl (C=O) groups is 1. The van der Waals surface area contributed by atoms with Crippen LogP contribution >= 0.6 is 22.7 Å². The minimum Gasteiger partial charge on any atom is -0.494 e. The number of nitrogens with zero attached hydrogens (tertiary/aromatic N) is 4. The van der Waals surface area contributed by atoms with Gasteiger partial charge in [0.25, 0.3) is 11.6 Å². The molecule has 3 heterocycles. The van der Waals surface area contributed by atoms with E-state index < -0.39 is 4.92 Å². The second-order valence-electron chi connectivity index (χ2n) is 7.40. The van der Waals surface area contributed by atoms with Gasteiger partial charge in [-0.3, -0.25) is 24.8 Å². The van der Waals surface area contributed by atoms with E-state index in [9.17, 15) is 14.9 Å². The number of fused-ring (bicyclic) bond motifs is 2. The molecule has 0 aliphatic carbocycles. The van der Waals surface area contributed by atoms with Crippen molar-refractivity contribution in [1.29, 1.82) is 0 Å². The summed E-state index contributed by atoms with van der Waals surface area (Å²) in [6.07, 6.45) is 3.40. The molecule has 0 saturated carbocycles. The number of anilines is 1. The number of nitro benzene ring substituents is 1. The predicted octanol–water partition coefficient (Wildman–Crippen LogP) is 6.06. The van der Waals surface area contributed by atoms with E-state index >= 15 is 0 Å². The lowest BCUT2D eigenvalue weighted by atomic mass is 10.2. The molecule has 0 bridgehead atoms. The molecule has 3 aromatic heterocycles. The van der Waals surface area contributed by atoms with Crippen LogP contribution in [-0.2, 0) is 6.54 Å². The van der Waals surface area contributed by atoms with Gasteiger partial charge < -0.3 is 4.74 Å². The summed E-state index contributed by atoms with van der Waals surface area (Å²) < 4.78 is 7.32. The highest BCUT2D eigenvalue weighted by Gasteiger charge is 2.24. The number of aromatic nitrogens is 2. The molecule has 170 valence electrons. The molecule has 0 aliphatic rings. The number of thiazole rings is 1. The van der Waals surface area contributed by atoms with Gasteiger partial charge in [-0.05, 0) is 48.9 Å². The van der Waals surface area contributed by atoms with Gasteiger partial charge in [-0.15, -0.1) is 11.3 Å². The van der Waals surface area contributed by atoms with Crippen LogP contribution in [0.15, 0.2) is 67.0 Å². The Morgan fingerprint density at radius 3 is 2.76 bits per heavy atom. The number of hydrogen-bond acceptors (Lipinski definition) is 8. The molecule has 0 aliphatic heterocycles. The summed E-state index contributed by atoms with van der Waals surface area (Å²) in [5.74, 6) is 0.526. The monoisotopic (exact) mass is 490 g/mol. The molecule has 5 rings (SSSR count). The van der Waals surface area contributed by atoms with Gasteiger partial charge in [0.15, 0.2) is 5.13 Å². The Labute approximate surface area is 202 Å². The van der Waals surface area contributed by atoms with Crippen molar-refractivity contribution in [1.82, 2.24) is 9.97 Å². The van der Waals surface area contributed by atoms with Crippen molar-refractivity contribution >= 4 is 59.7 Å². The van der Waals surface area contributed by atoms with Crippen molar-refractivity contribution in [2.75, 3.05) is 11.5 Å². The minimum absolute atomic E-state index is 0.00668. The van der Waals surface area contributed by atoms with Crippen molar-refractivity contribution in [2.24, 2.45) is 0 Å². The van der Waals surface area contributed by atoms with Gasteiger partial charge in [-0.1, -0.05) is 17.4 Å². The Morgan fingerprint density at radius 1 is 1.12 bits per heavy atom. The van der Waals surface area contributed by atoms with Crippen LogP contribution in [0.2, 0.25) is 0 Å². The van der Waals surface area contributed by atoms with E-state index in [-0.39, 0.29) is 11.6 Å². The van der Waals surface area contributed by atoms with Crippen LogP contribution in [0, 0.1) is 10.1 Å². The molecule has 2 aromatic carbocycles. The van der Waals surface area contributed by atoms with Gasteiger partial charge in [0.2, 0.25) is 0 Å². The average molecular weight is 491 g/mol. The van der Waals surface area contributed by atoms with Gasteiger partial charge in [-0.25, -0.2) is 4.98 Å². The first kappa shape index (κ1) is 21.9. The normalized spacial score (nSPS) is 11.1. The van der Waals surface area contributed by atoms with E-state index in [2.05, 4.69) is 4.98 Å². The van der Waals surface area contributed by atoms with Crippen LogP contribution in [0.3, 0.4) is 0 Å². The fraction of sp³-hybridized carbons (Fsp3) is 0.125. The zero-order valence-electron chi connectivity index (χ0n) is 18.0. The number of rotatable bonds is 7. The number of hydrogen-bond donors (Lipinski definition) is 0. The highest BCUT2D eigenvalue weighted by molar-refractivity contribution is 7.23. The second-order valence-corrected chi connectivity index (χ2v) is 9.49. The van der Waals surface area contributed by atoms with Gasteiger partial charge in [0.05, 0.1) is 33.2 Å². The van der Waals surface area contributed by atoms with Gasteiger partial charge in [0, 0.05) is 34.6 Å². The quantitative estimate of drug-likeness (QED) is 0.203. The van der Waals surface area contributed by atoms with E-state index in [1.54, 1.807) is 29.4 Å². The van der Waals surface area contributed by atoms with Crippen molar-refractivity contribution in [3.63, 3.8) is 0 Å². The van der Waals surface area contributed by atoms with Crippen LogP contribution < -0.4 is 9.64 Å². The first-order chi connectivity index (χ1) is 16.5. The maximum absolute atomic E-state index is 13.7. The van der Waals surface area contributed by atoms with E-state index in [0.717, 1.165) is 26.2 Å². The number of thiophene rings is 1. The van der Waals surface area contributed by atoms with Crippen LogP contribution in [0.1, 0.15) is 22.2 Å².